The molecular weight excluding hydrogens is 867 g/mol. The highest BCUT2D eigenvalue weighted by Gasteiger charge is 2.41. The summed E-state index contributed by atoms with van der Waals surface area (Å²) in [5.74, 6) is 0.416. The summed E-state index contributed by atoms with van der Waals surface area (Å²) in [6, 6.07) is 60.9. The Morgan fingerprint density at radius 2 is 1.25 bits per heavy atom. The second-order valence-electron chi connectivity index (χ2n) is 21.4. The maximum absolute atomic E-state index is 5.75. The first-order valence-electron chi connectivity index (χ1n) is 26.1. The Morgan fingerprint density at radius 3 is 2.01 bits per heavy atom. The average Bonchev–Trinajstić information content (AvgIpc) is 3.60. The summed E-state index contributed by atoms with van der Waals surface area (Å²) in [5.41, 5.74) is 27.1. The zero-order valence-electron chi connectivity index (χ0n) is 42.7. The quantitative estimate of drug-likeness (QED) is 0.0855. The number of hydrogen-bond donors (Lipinski definition) is 0. The number of nitrogens with zero attached hydrogens (tertiary/aromatic N) is 1. The summed E-state index contributed by atoms with van der Waals surface area (Å²) in [4.78, 5) is 5.75. The molecule has 354 valence electrons. The van der Waals surface area contributed by atoms with Crippen LogP contribution in [0.3, 0.4) is 0 Å². The minimum absolute atomic E-state index is 0.0762. The zero-order valence-corrected chi connectivity index (χ0v) is 42.7. The Kier molecular flexibility index (Phi) is 12.5. The third kappa shape index (κ3) is 8.49. The second-order valence-corrected chi connectivity index (χ2v) is 21.4. The van der Waals surface area contributed by atoms with Crippen molar-refractivity contribution in [1.29, 1.82) is 0 Å². The molecule has 7 aromatic rings. The number of benzene rings is 7. The van der Waals surface area contributed by atoms with E-state index >= 15 is 0 Å². The van der Waals surface area contributed by atoms with Gasteiger partial charge in [0, 0.05) is 27.9 Å². The maximum atomic E-state index is 5.75. The van der Waals surface area contributed by atoms with E-state index in [1.807, 2.05) is 6.08 Å². The molecule has 0 spiro atoms. The predicted octanol–water partition coefficient (Wildman–Crippen LogP) is 19.1. The van der Waals surface area contributed by atoms with E-state index in [9.17, 15) is 0 Å². The molecule has 11 rings (SSSR count). The summed E-state index contributed by atoms with van der Waals surface area (Å²) in [7, 11) is 0. The Morgan fingerprint density at radius 1 is 0.597 bits per heavy atom. The molecule has 72 heavy (non-hydrogen) atoms. The molecule has 1 unspecified atom stereocenters. The van der Waals surface area contributed by atoms with Crippen LogP contribution in [-0.4, -0.2) is 5.71 Å². The van der Waals surface area contributed by atoms with Gasteiger partial charge in [-0.05, 0) is 170 Å². The minimum atomic E-state index is -0.116. The van der Waals surface area contributed by atoms with Crippen molar-refractivity contribution in [3.05, 3.63) is 275 Å². The van der Waals surface area contributed by atoms with Crippen molar-refractivity contribution in [2.45, 2.75) is 89.9 Å². The van der Waals surface area contributed by atoms with Crippen LogP contribution in [0.4, 0.5) is 0 Å². The summed E-state index contributed by atoms with van der Waals surface area (Å²) in [5, 5.41) is 0. The van der Waals surface area contributed by atoms with Crippen LogP contribution in [-0.2, 0) is 10.8 Å². The molecule has 4 aliphatic carbocycles. The van der Waals surface area contributed by atoms with Gasteiger partial charge in [-0.15, -0.1) is 0 Å². The van der Waals surface area contributed by atoms with E-state index in [4.69, 9.17) is 4.99 Å². The Labute approximate surface area is 428 Å². The number of hydrogen-bond acceptors (Lipinski definition) is 1. The normalized spacial score (nSPS) is 17.5. The van der Waals surface area contributed by atoms with E-state index in [2.05, 4.69) is 242 Å². The molecule has 0 saturated heterocycles. The highest BCUT2D eigenvalue weighted by Crippen LogP contribution is 2.56. The average molecular weight is 932 g/mol. The van der Waals surface area contributed by atoms with Gasteiger partial charge in [-0.3, -0.25) is 0 Å². The van der Waals surface area contributed by atoms with Crippen LogP contribution in [0.2, 0.25) is 0 Å². The van der Waals surface area contributed by atoms with Crippen molar-refractivity contribution < 1.29 is 0 Å². The van der Waals surface area contributed by atoms with Crippen molar-refractivity contribution >= 4 is 28.1 Å². The summed E-state index contributed by atoms with van der Waals surface area (Å²) < 4.78 is 0. The Hall–Kier alpha value is -7.61. The second kappa shape index (κ2) is 19.2. The lowest BCUT2D eigenvalue weighted by molar-refractivity contribution is 0.655. The molecule has 0 aromatic heterocycles. The SMILES string of the molecule is C=C/C(=N\C(=C(\C)CCC(=C)c1ccc(C2C=CCC=CC2)cc1)c1ccc(-c2ccccc2)cc1)c1cc(C2=C3C(=CCC2)C(C)(C)c2ccccc23)cc(-c2cccc3c2-c2ccccc2C3(C)C)c1. The summed E-state index contributed by atoms with van der Waals surface area (Å²) in [6.07, 6.45) is 19.3. The van der Waals surface area contributed by atoms with Gasteiger partial charge < -0.3 is 0 Å². The van der Waals surface area contributed by atoms with Crippen molar-refractivity contribution in [2.24, 2.45) is 4.99 Å². The minimum Gasteiger partial charge on any atom is -0.248 e. The van der Waals surface area contributed by atoms with Crippen LogP contribution in [0.25, 0.3) is 55.8 Å². The Balaban J connectivity index is 1.05. The third-order valence-corrected chi connectivity index (χ3v) is 16.2. The van der Waals surface area contributed by atoms with Gasteiger partial charge in [0.25, 0.3) is 0 Å². The van der Waals surface area contributed by atoms with Crippen LogP contribution in [0.5, 0.6) is 0 Å². The molecule has 1 atom stereocenters. The zero-order chi connectivity index (χ0) is 49.6. The van der Waals surface area contributed by atoms with Crippen LogP contribution >= 0.6 is 0 Å². The summed E-state index contributed by atoms with van der Waals surface area (Å²) >= 11 is 0. The Bertz CT molecular complexity index is 3460. The van der Waals surface area contributed by atoms with Gasteiger partial charge in [0.05, 0.1) is 11.4 Å². The number of fused-ring (bicyclic) bond motifs is 6. The van der Waals surface area contributed by atoms with Gasteiger partial charge in [-0.2, -0.15) is 0 Å². The molecule has 0 radical (unpaired) electrons. The van der Waals surface area contributed by atoms with Crippen molar-refractivity contribution in [3.63, 3.8) is 0 Å². The molecule has 7 aromatic carbocycles. The maximum Gasteiger partial charge on any atom is 0.0704 e. The van der Waals surface area contributed by atoms with E-state index < -0.39 is 0 Å². The number of aliphatic imine (C=N–C) groups is 1. The van der Waals surface area contributed by atoms with Gasteiger partial charge in [0.2, 0.25) is 0 Å². The molecule has 1 heteroatoms. The highest BCUT2D eigenvalue weighted by molar-refractivity contribution is 6.13. The third-order valence-electron chi connectivity index (χ3n) is 16.2. The van der Waals surface area contributed by atoms with Crippen molar-refractivity contribution in [2.75, 3.05) is 0 Å². The molecule has 0 heterocycles. The monoisotopic (exact) mass is 932 g/mol. The first-order chi connectivity index (χ1) is 35.0. The lowest BCUT2D eigenvalue weighted by Crippen LogP contribution is -2.16. The molecule has 4 aliphatic rings. The van der Waals surface area contributed by atoms with Crippen LogP contribution in [0.15, 0.2) is 230 Å². The smallest absolute Gasteiger partial charge is 0.0704 e. The number of allylic oxidation sites excluding steroid dienone is 11. The lowest BCUT2D eigenvalue weighted by Gasteiger charge is -2.26. The summed E-state index contributed by atoms with van der Waals surface area (Å²) in [6.45, 7) is 20.9. The molecule has 0 aliphatic heterocycles. The fourth-order valence-electron chi connectivity index (χ4n) is 12.2. The first-order valence-corrected chi connectivity index (χ1v) is 26.1. The van der Waals surface area contributed by atoms with E-state index in [0.717, 1.165) is 66.6 Å². The van der Waals surface area contributed by atoms with E-state index in [-0.39, 0.29) is 10.8 Å². The molecular formula is C71H65N. The molecule has 0 saturated carbocycles. The topological polar surface area (TPSA) is 12.4 Å². The van der Waals surface area contributed by atoms with Gasteiger partial charge in [0.1, 0.15) is 0 Å². The van der Waals surface area contributed by atoms with Gasteiger partial charge in [-0.25, -0.2) is 4.99 Å². The van der Waals surface area contributed by atoms with Crippen LogP contribution in [0.1, 0.15) is 129 Å². The fraction of sp³-hybridized carbons (Fsp3) is 0.197. The molecule has 0 fully saturated rings. The predicted molar refractivity (Wildman–Crippen MR) is 309 cm³/mol. The van der Waals surface area contributed by atoms with E-state index in [0.29, 0.717) is 5.92 Å². The van der Waals surface area contributed by atoms with E-state index in [1.165, 1.54) is 94.6 Å². The van der Waals surface area contributed by atoms with Gasteiger partial charge >= 0.3 is 0 Å². The molecule has 0 N–H and O–H groups in total. The largest absolute Gasteiger partial charge is 0.248 e. The first kappa shape index (κ1) is 46.8. The van der Waals surface area contributed by atoms with Gasteiger partial charge in [0.15, 0.2) is 0 Å². The van der Waals surface area contributed by atoms with Crippen molar-refractivity contribution in [3.8, 4) is 33.4 Å². The molecule has 0 bridgehead atoms. The van der Waals surface area contributed by atoms with E-state index in [1.54, 1.807) is 0 Å². The highest BCUT2D eigenvalue weighted by atomic mass is 14.8. The standard InChI is InChI=1S/C71H65N/c1-8-66(72-69(54-42-40-53(41-43-54)51-24-14-11-15-25-51)48(3)35-34-47(2)49-36-38-52(39-37-49)50-22-12-9-10-13-23-50)57-45-55(58-28-20-32-64-67(58)60-26-16-18-30-62(60)70(64,4)5)44-56(46-57)59-29-21-33-65-68(59)61-27-17-19-31-63(61)71(65,6)7/h8-9,11-20,23-28,30-33,36-46,50H,1-2,10,21-22,29,34-35H2,3-7H3/b69-48-,72-66+. The molecule has 1 nitrogen and oxygen atoms in total. The fourth-order valence-corrected chi connectivity index (χ4v) is 12.2. The van der Waals surface area contributed by atoms with Crippen LogP contribution < -0.4 is 0 Å². The number of rotatable bonds is 12. The van der Waals surface area contributed by atoms with Gasteiger partial charge in [-0.1, -0.05) is 217 Å². The lowest BCUT2D eigenvalue weighted by atomic mass is 9.77. The van der Waals surface area contributed by atoms with Crippen LogP contribution in [0, 0.1) is 0 Å². The van der Waals surface area contributed by atoms with Crippen molar-refractivity contribution in [1.82, 2.24) is 0 Å². The molecule has 0 amide bonds.